The zero-order valence-corrected chi connectivity index (χ0v) is 19.5. The number of alkyl halides is 3. The van der Waals surface area contributed by atoms with E-state index in [0.29, 0.717) is 36.4 Å². The number of halogens is 3. The standard InChI is InChI=1S/C22H27F3N4O3S/c1-4-15-11-18(28-20-26-12-16(13-27-20)32-8-9-33-3)17-10-14(22(23,24)25)6-7-19(17)29(15)21(30)31-5-2/h6-7,10,12-13,15,18H,4-5,8-9,11H2,1-3H3,(H,26,27,28)/t15-,18+/m1/s1. The third-order valence-corrected chi connectivity index (χ3v) is 5.86. The summed E-state index contributed by atoms with van der Waals surface area (Å²) in [6, 6.07) is 2.60. The molecule has 1 aliphatic heterocycles. The van der Waals surface area contributed by atoms with Crippen molar-refractivity contribution in [3.63, 3.8) is 0 Å². The van der Waals surface area contributed by atoms with E-state index in [1.54, 1.807) is 18.7 Å². The first kappa shape index (κ1) is 24.9. The van der Waals surface area contributed by atoms with E-state index in [4.69, 9.17) is 9.47 Å². The SMILES string of the molecule is CCOC(=O)N1c2ccc(C(F)(F)F)cc2[C@@H](Nc2ncc(OCCSC)cn2)C[C@H]1CC. The predicted molar refractivity (Wildman–Crippen MR) is 122 cm³/mol. The number of nitrogens with one attached hydrogen (secondary N) is 1. The van der Waals surface area contributed by atoms with Gasteiger partial charge in [-0.3, -0.25) is 4.90 Å². The van der Waals surface area contributed by atoms with Crippen LogP contribution in [-0.4, -0.2) is 47.3 Å². The number of benzene rings is 1. The second-order valence-corrected chi connectivity index (χ2v) is 8.40. The number of carbonyl (C=O) groups excluding carboxylic acids is 1. The molecule has 0 fully saturated rings. The summed E-state index contributed by atoms with van der Waals surface area (Å²) >= 11 is 1.66. The van der Waals surface area contributed by atoms with Crippen LogP contribution in [0.25, 0.3) is 0 Å². The van der Waals surface area contributed by atoms with Gasteiger partial charge in [-0.2, -0.15) is 24.9 Å². The highest BCUT2D eigenvalue weighted by molar-refractivity contribution is 7.98. The van der Waals surface area contributed by atoms with E-state index < -0.39 is 23.9 Å². The van der Waals surface area contributed by atoms with Crippen LogP contribution < -0.4 is 15.0 Å². The highest BCUT2D eigenvalue weighted by Crippen LogP contribution is 2.43. The molecule has 1 amide bonds. The summed E-state index contributed by atoms with van der Waals surface area (Å²) in [5.41, 5.74) is -0.0641. The van der Waals surface area contributed by atoms with Crippen molar-refractivity contribution in [2.24, 2.45) is 0 Å². The van der Waals surface area contributed by atoms with Gasteiger partial charge in [0, 0.05) is 11.8 Å². The Balaban J connectivity index is 1.92. The molecule has 2 atom stereocenters. The minimum absolute atomic E-state index is 0.169. The predicted octanol–water partition coefficient (Wildman–Crippen LogP) is 5.54. The number of anilines is 2. The second-order valence-electron chi connectivity index (χ2n) is 7.42. The molecule has 0 bridgehead atoms. The fourth-order valence-corrected chi connectivity index (χ4v) is 3.97. The van der Waals surface area contributed by atoms with Crippen LogP contribution in [0, 0.1) is 0 Å². The molecule has 2 aromatic rings. The van der Waals surface area contributed by atoms with Gasteiger partial charge in [-0.05, 0) is 49.8 Å². The van der Waals surface area contributed by atoms with Gasteiger partial charge in [0.1, 0.15) is 0 Å². The van der Waals surface area contributed by atoms with Gasteiger partial charge < -0.3 is 14.8 Å². The first-order valence-electron chi connectivity index (χ1n) is 10.7. The Labute approximate surface area is 195 Å². The van der Waals surface area contributed by atoms with E-state index in [0.717, 1.165) is 17.9 Å². The van der Waals surface area contributed by atoms with Crippen molar-refractivity contribution in [1.82, 2.24) is 9.97 Å². The van der Waals surface area contributed by atoms with Gasteiger partial charge in [0.15, 0.2) is 5.75 Å². The van der Waals surface area contributed by atoms with E-state index in [1.165, 1.54) is 23.4 Å². The van der Waals surface area contributed by atoms with Crippen LogP contribution >= 0.6 is 11.8 Å². The van der Waals surface area contributed by atoms with Crippen LogP contribution in [0.4, 0.5) is 29.6 Å². The van der Waals surface area contributed by atoms with Crippen molar-refractivity contribution >= 4 is 29.5 Å². The summed E-state index contributed by atoms with van der Waals surface area (Å²) in [5, 5.41) is 3.14. The van der Waals surface area contributed by atoms with Crippen molar-refractivity contribution in [1.29, 1.82) is 0 Å². The molecule has 7 nitrogen and oxygen atoms in total. The van der Waals surface area contributed by atoms with Crippen LogP contribution in [0.3, 0.4) is 0 Å². The number of nitrogens with zero attached hydrogens (tertiary/aromatic N) is 3. The first-order chi connectivity index (χ1) is 15.8. The fraction of sp³-hybridized carbons (Fsp3) is 0.500. The number of amides is 1. The maximum atomic E-state index is 13.4. The molecule has 180 valence electrons. The van der Waals surface area contributed by atoms with Crippen LogP contribution in [0.2, 0.25) is 0 Å². The molecule has 1 aliphatic rings. The Morgan fingerprint density at radius 3 is 2.61 bits per heavy atom. The average molecular weight is 485 g/mol. The minimum Gasteiger partial charge on any atom is -0.489 e. The Morgan fingerprint density at radius 1 is 1.27 bits per heavy atom. The molecule has 11 heteroatoms. The van der Waals surface area contributed by atoms with Gasteiger partial charge in [0.05, 0.1) is 42.9 Å². The molecule has 0 aliphatic carbocycles. The molecule has 1 N–H and O–H groups in total. The van der Waals surface area contributed by atoms with Crippen molar-refractivity contribution in [3.8, 4) is 5.75 Å². The summed E-state index contributed by atoms with van der Waals surface area (Å²) in [4.78, 5) is 22.6. The normalized spacial score (nSPS) is 17.9. The third-order valence-electron chi connectivity index (χ3n) is 5.29. The molecule has 0 saturated heterocycles. The first-order valence-corrected chi connectivity index (χ1v) is 12.0. The molecule has 1 aromatic heterocycles. The van der Waals surface area contributed by atoms with Crippen LogP contribution in [0.5, 0.6) is 5.75 Å². The van der Waals surface area contributed by atoms with Gasteiger partial charge in [0.2, 0.25) is 5.95 Å². The van der Waals surface area contributed by atoms with Gasteiger partial charge in [0.25, 0.3) is 0 Å². The fourth-order valence-electron chi connectivity index (χ4n) is 3.72. The number of fused-ring (bicyclic) bond motifs is 1. The number of thioether (sulfide) groups is 1. The van der Waals surface area contributed by atoms with Crippen molar-refractivity contribution in [2.75, 3.05) is 35.4 Å². The van der Waals surface area contributed by atoms with Crippen LogP contribution in [0.1, 0.15) is 43.9 Å². The lowest BCUT2D eigenvalue weighted by atomic mass is 9.89. The molecule has 0 saturated carbocycles. The number of rotatable bonds is 8. The minimum atomic E-state index is -4.51. The Bertz CT molecular complexity index is 943. The maximum Gasteiger partial charge on any atom is 0.416 e. The van der Waals surface area contributed by atoms with E-state index >= 15 is 0 Å². The Kier molecular flexibility index (Phi) is 8.28. The topological polar surface area (TPSA) is 76.6 Å². The number of hydrogen-bond donors (Lipinski definition) is 1. The lowest BCUT2D eigenvalue weighted by Gasteiger charge is -2.40. The van der Waals surface area contributed by atoms with Crippen molar-refractivity contribution in [2.45, 2.75) is 44.9 Å². The zero-order chi connectivity index (χ0) is 24.0. The maximum absolute atomic E-state index is 13.4. The summed E-state index contributed by atoms with van der Waals surface area (Å²) in [5.74, 6) is 1.61. The highest BCUT2D eigenvalue weighted by Gasteiger charge is 2.39. The van der Waals surface area contributed by atoms with Gasteiger partial charge in [-0.15, -0.1) is 0 Å². The van der Waals surface area contributed by atoms with Crippen molar-refractivity contribution in [3.05, 3.63) is 41.7 Å². The summed E-state index contributed by atoms with van der Waals surface area (Å²) in [7, 11) is 0. The molecule has 3 rings (SSSR count). The van der Waals surface area contributed by atoms with Gasteiger partial charge >= 0.3 is 12.3 Å². The number of hydrogen-bond acceptors (Lipinski definition) is 7. The lowest BCUT2D eigenvalue weighted by molar-refractivity contribution is -0.137. The van der Waals surface area contributed by atoms with Gasteiger partial charge in [-0.1, -0.05) is 6.92 Å². The number of aromatic nitrogens is 2. The quantitative estimate of drug-likeness (QED) is 0.493. The van der Waals surface area contributed by atoms with Gasteiger partial charge in [-0.25, -0.2) is 14.8 Å². The summed E-state index contributed by atoms with van der Waals surface area (Å²) in [6.07, 6.45) is 0.904. The molecule has 33 heavy (non-hydrogen) atoms. The number of ether oxygens (including phenoxy) is 2. The second kappa shape index (κ2) is 11.0. The molecule has 0 unspecified atom stereocenters. The highest BCUT2D eigenvalue weighted by atomic mass is 32.2. The molecular weight excluding hydrogens is 457 g/mol. The van der Waals surface area contributed by atoms with E-state index in [1.807, 2.05) is 13.2 Å². The monoisotopic (exact) mass is 484 g/mol. The third kappa shape index (κ3) is 6.01. The molecular formula is C22H27F3N4O3S. The van der Waals surface area contributed by atoms with Crippen LogP contribution in [-0.2, 0) is 10.9 Å². The Hall–Kier alpha value is -2.69. The smallest absolute Gasteiger partial charge is 0.416 e. The molecule has 0 spiro atoms. The summed E-state index contributed by atoms with van der Waals surface area (Å²) < 4.78 is 51.0. The van der Waals surface area contributed by atoms with E-state index in [9.17, 15) is 18.0 Å². The largest absolute Gasteiger partial charge is 0.489 e. The van der Waals surface area contributed by atoms with Crippen molar-refractivity contribution < 1.29 is 27.4 Å². The lowest BCUT2D eigenvalue weighted by Crippen LogP contribution is -2.46. The van der Waals surface area contributed by atoms with E-state index in [-0.39, 0.29) is 18.6 Å². The molecule has 0 radical (unpaired) electrons. The Morgan fingerprint density at radius 2 is 2.00 bits per heavy atom. The van der Waals surface area contributed by atoms with E-state index in [2.05, 4.69) is 15.3 Å². The summed E-state index contributed by atoms with van der Waals surface area (Å²) in [6.45, 7) is 4.30. The molecule has 2 heterocycles. The molecule has 1 aromatic carbocycles. The zero-order valence-electron chi connectivity index (χ0n) is 18.7. The number of carbonyl (C=O) groups is 1. The average Bonchev–Trinajstić information content (AvgIpc) is 2.79. The van der Waals surface area contributed by atoms with Crippen LogP contribution in [0.15, 0.2) is 30.6 Å².